The highest BCUT2D eigenvalue weighted by Crippen LogP contribution is 2.44. The van der Waals surface area contributed by atoms with Crippen molar-refractivity contribution >= 4 is 60.2 Å². The molecule has 0 aromatic heterocycles. The average Bonchev–Trinajstić information content (AvgIpc) is 0.860. The second-order valence-electron chi connectivity index (χ2n) is 21.8. The summed E-state index contributed by atoms with van der Waals surface area (Å²) in [5.41, 5.74) is 21.5. The zero-order chi connectivity index (χ0) is 61.1. The van der Waals surface area contributed by atoms with Crippen LogP contribution in [0.2, 0.25) is 0 Å². The van der Waals surface area contributed by atoms with Crippen molar-refractivity contribution in [2.24, 2.45) is 0 Å². The smallest absolute Gasteiger partial charge is 0.151 e. The van der Waals surface area contributed by atoms with E-state index >= 15 is 0 Å². The summed E-state index contributed by atoms with van der Waals surface area (Å²) in [5.74, 6) is 0. The van der Waals surface area contributed by atoms with Crippen molar-refractivity contribution in [3.63, 3.8) is 0 Å². The number of halogens is 1. The lowest BCUT2D eigenvalue weighted by Crippen LogP contribution is -2.10. The Labute approximate surface area is 538 Å². The van der Waals surface area contributed by atoms with Crippen molar-refractivity contribution < 1.29 is 0 Å². The molecule has 0 unspecified atom stereocenters. The fourth-order valence-corrected chi connectivity index (χ4v) is 11.7. The Kier molecular flexibility index (Phi) is 19.4. The predicted molar refractivity (Wildman–Crippen MR) is 389 cm³/mol. The van der Waals surface area contributed by atoms with Crippen LogP contribution in [0.1, 0.15) is 5.56 Å². The molecule has 1 aliphatic rings. The molecule has 0 amide bonds. The number of benzene rings is 14. The molecule has 3 heteroatoms. The monoisotopic (exact) mass is 1220 g/mol. The van der Waals surface area contributed by atoms with Crippen LogP contribution in [0.5, 0.6) is 0 Å². The molecule has 0 saturated heterocycles. The summed E-state index contributed by atoms with van der Waals surface area (Å²) in [7, 11) is 0. The first-order valence-electron chi connectivity index (χ1n) is 30.4. The van der Waals surface area contributed by atoms with E-state index in [1.807, 2.05) is 60.7 Å². The topological polar surface area (TPSA) is 15.3 Å². The van der Waals surface area contributed by atoms with Gasteiger partial charge in [0.1, 0.15) is 12.2 Å². The van der Waals surface area contributed by atoms with Gasteiger partial charge in [0, 0.05) is 38.8 Å². The molecule has 14 aromatic rings. The van der Waals surface area contributed by atoms with Crippen molar-refractivity contribution in [2.75, 3.05) is 10.2 Å². The van der Waals surface area contributed by atoms with E-state index in [-0.39, 0.29) is 0 Å². The van der Waals surface area contributed by atoms with E-state index in [4.69, 9.17) is 0 Å². The molecule has 0 aliphatic heterocycles. The zero-order valence-electron chi connectivity index (χ0n) is 50.1. The van der Waals surface area contributed by atoms with Gasteiger partial charge in [-0.3, -0.25) is 0 Å². The van der Waals surface area contributed by atoms with Gasteiger partial charge in [0.25, 0.3) is 0 Å². The summed E-state index contributed by atoms with van der Waals surface area (Å²) in [6.07, 6.45) is 11.1. The maximum Gasteiger partial charge on any atom is 0.151 e. The molecule has 2 nitrogen and oxygen atoms in total. The molecule has 15 rings (SSSR count). The minimum absolute atomic E-state index is 1.04. The third-order valence-corrected chi connectivity index (χ3v) is 16.2. The molecule has 0 spiro atoms. The van der Waals surface area contributed by atoms with Crippen LogP contribution in [0.3, 0.4) is 0 Å². The van der Waals surface area contributed by atoms with Gasteiger partial charge < -0.3 is 10.2 Å². The molecule has 0 fully saturated rings. The summed E-state index contributed by atoms with van der Waals surface area (Å²) < 4.78 is 1.12. The van der Waals surface area contributed by atoms with Crippen molar-refractivity contribution in [3.8, 4) is 66.8 Å². The van der Waals surface area contributed by atoms with E-state index in [2.05, 4.69) is 355 Å². The summed E-state index contributed by atoms with van der Waals surface area (Å²) in [4.78, 5) is 2.39. The molecule has 0 atom stereocenters. The molecule has 0 saturated carbocycles. The number of allylic oxidation sites excluding steroid dienone is 5. The number of aryl methyl sites for hydroxylation is 1. The van der Waals surface area contributed by atoms with E-state index in [9.17, 15) is 0 Å². The molecule has 1 N–H and O–H groups in total. The third-order valence-electron chi connectivity index (χ3n) is 15.7. The fraction of sp³-hybridized carbons (Fsp3) is 0.0115. The van der Waals surface area contributed by atoms with Gasteiger partial charge in [-0.25, -0.2) is 0 Å². The van der Waals surface area contributed by atoms with Crippen molar-refractivity contribution in [1.29, 1.82) is 0 Å². The number of hydrogen-bond donors (Lipinski definition) is 1. The maximum absolute atomic E-state index is 3.56. The Hall–Kier alpha value is -11.2. The van der Waals surface area contributed by atoms with Gasteiger partial charge in [-0.1, -0.05) is 325 Å². The normalized spacial score (nSPS) is 11.1. The van der Waals surface area contributed by atoms with E-state index in [1.54, 1.807) is 0 Å². The van der Waals surface area contributed by atoms with Gasteiger partial charge in [-0.15, -0.1) is 0 Å². The van der Waals surface area contributed by atoms with Crippen LogP contribution < -0.4 is 10.2 Å². The zero-order valence-corrected chi connectivity index (χ0v) is 51.7. The number of para-hydroxylation sites is 1. The second-order valence-corrected chi connectivity index (χ2v) is 22.7. The van der Waals surface area contributed by atoms with Crippen LogP contribution in [-0.2, 0) is 0 Å². The van der Waals surface area contributed by atoms with Gasteiger partial charge in [-0.2, -0.15) is 0 Å². The van der Waals surface area contributed by atoms with Crippen molar-refractivity contribution in [1.82, 2.24) is 0 Å². The maximum atomic E-state index is 3.56. The summed E-state index contributed by atoms with van der Waals surface area (Å²) in [6.45, 7) is 2.08. The standard InChI is InChI=1S/C40H29N.C28H20N.C12H9Br.C7H8/c1-4-13-30(14-5-1)32-25-27-33(28-26-32)38-23-11-17-34-18-12-24-39(40(34)38)41(36-20-8-3-9-21-36)37-22-10-19-35(29-37)31-15-6-2-7-16-31;1-3-9-21(10-4-1)22-17-19-23(20-18-22)26-15-7-11-24-12-8-16-27(28(24)26)29-25-13-5-2-6-14-25;13-12-8-4-7-11(9-12)10-5-2-1-3-6-10;1-7-5-3-2-4-6-7/h1-29H;1-5,7-20,29H;1-9H;2-6H,1H3/q;+1;;. The Balaban J connectivity index is 0.000000137. The summed E-state index contributed by atoms with van der Waals surface area (Å²) in [5, 5.41) is 8.46. The average molecular weight is 1220 g/mol. The van der Waals surface area contributed by atoms with Crippen LogP contribution in [0.4, 0.5) is 22.7 Å². The van der Waals surface area contributed by atoms with Gasteiger partial charge in [-0.05, 0) is 133 Å². The molecule has 430 valence electrons. The van der Waals surface area contributed by atoms with Crippen LogP contribution >= 0.6 is 15.9 Å². The van der Waals surface area contributed by atoms with E-state index in [1.165, 1.54) is 93.9 Å². The minimum atomic E-state index is 1.04. The highest BCUT2D eigenvalue weighted by Gasteiger charge is 2.19. The lowest BCUT2D eigenvalue weighted by molar-refractivity contribution is 1.30. The quantitative estimate of drug-likeness (QED) is 0.130. The lowest BCUT2D eigenvalue weighted by atomic mass is 9.94. The van der Waals surface area contributed by atoms with Crippen LogP contribution in [-0.4, -0.2) is 0 Å². The van der Waals surface area contributed by atoms with Gasteiger partial charge >= 0.3 is 0 Å². The number of anilines is 4. The van der Waals surface area contributed by atoms with Crippen LogP contribution in [0.15, 0.2) is 386 Å². The number of nitrogens with one attached hydrogen (secondary N) is 1. The molecule has 0 radical (unpaired) electrons. The lowest BCUT2D eigenvalue weighted by Gasteiger charge is -2.28. The molecule has 0 bridgehead atoms. The molecule has 1 aliphatic carbocycles. The first-order chi connectivity index (χ1) is 44.5. The van der Waals surface area contributed by atoms with Gasteiger partial charge in [0.2, 0.25) is 0 Å². The molecular weight excluding hydrogens is 1150 g/mol. The van der Waals surface area contributed by atoms with E-state index in [0.717, 1.165) is 32.9 Å². The number of rotatable bonds is 11. The largest absolute Gasteiger partial charge is 0.310 e. The first-order valence-corrected chi connectivity index (χ1v) is 31.2. The third kappa shape index (κ3) is 14.8. The molecule has 90 heavy (non-hydrogen) atoms. The predicted octanol–water partition coefficient (Wildman–Crippen LogP) is 24.8. The Morgan fingerprint density at radius 2 is 0.711 bits per heavy atom. The van der Waals surface area contributed by atoms with E-state index in [0.29, 0.717) is 0 Å². The SMILES string of the molecule is Brc1cccc(-c2ccccc2)c1.Cc1ccccc1.[C+]1=CC(Nc2cccc3cccc(-c4ccc(-c5ccccc5)cc4)c23)=CC=C1.c1ccc(-c2ccc(-c3cccc4cccc(N(c5ccccc5)c5cccc(-c6ccccc6)c5)c34)cc2)cc1. The first kappa shape index (κ1) is 59.2. The summed E-state index contributed by atoms with van der Waals surface area (Å²) in [6, 6.07) is 124. The van der Waals surface area contributed by atoms with Crippen LogP contribution in [0.25, 0.3) is 88.3 Å². The minimum Gasteiger partial charge on any atom is -0.310 e. The number of fused-ring (bicyclic) bond motifs is 2. The Morgan fingerprint density at radius 3 is 1.20 bits per heavy atom. The van der Waals surface area contributed by atoms with Crippen molar-refractivity contribution in [2.45, 2.75) is 6.92 Å². The van der Waals surface area contributed by atoms with E-state index < -0.39 is 0 Å². The van der Waals surface area contributed by atoms with Gasteiger partial charge in [0.15, 0.2) is 5.70 Å². The molecular formula is C87H66BrN2+. The van der Waals surface area contributed by atoms with Crippen LogP contribution in [0, 0.1) is 13.0 Å². The highest BCUT2D eigenvalue weighted by molar-refractivity contribution is 9.10. The molecule has 0 heterocycles. The fourth-order valence-electron chi connectivity index (χ4n) is 11.3. The van der Waals surface area contributed by atoms with Gasteiger partial charge in [0.05, 0.1) is 17.5 Å². The number of nitrogens with zero attached hydrogens (tertiary/aromatic N) is 1. The molecule has 14 aromatic carbocycles. The second kappa shape index (κ2) is 29.5. The Bertz CT molecular complexity index is 4690. The Morgan fingerprint density at radius 1 is 0.322 bits per heavy atom. The number of hydrogen-bond acceptors (Lipinski definition) is 2. The highest BCUT2D eigenvalue weighted by atomic mass is 79.9. The van der Waals surface area contributed by atoms with Crippen molar-refractivity contribution in [3.05, 3.63) is 398 Å². The summed E-state index contributed by atoms with van der Waals surface area (Å²) >= 11 is 3.46.